The van der Waals surface area contributed by atoms with Gasteiger partial charge in [-0.25, -0.2) is 0 Å². The quantitative estimate of drug-likeness (QED) is 0.515. The summed E-state index contributed by atoms with van der Waals surface area (Å²) < 4.78 is 6.06. The van der Waals surface area contributed by atoms with Crippen molar-refractivity contribution < 1.29 is 14.6 Å². The fraction of sp³-hybridized carbons (Fsp3) is 0.533. The minimum atomic E-state index is -0.0979. The van der Waals surface area contributed by atoms with Crippen LogP contribution in [0.5, 0.6) is 5.75 Å². The summed E-state index contributed by atoms with van der Waals surface area (Å²) in [5, 5.41) is 22.5. The third-order valence-electron chi connectivity index (χ3n) is 8.71. The molecule has 1 spiro atoms. The van der Waals surface area contributed by atoms with Crippen molar-refractivity contribution in [1.29, 1.82) is 5.26 Å². The first kappa shape index (κ1) is 25.9. The van der Waals surface area contributed by atoms with Gasteiger partial charge in [0.05, 0.1) is 22.8 Å². The Balaban J connectivity index is 1.07. The number of anilines is 1. The minimum Gasteiger partial charge on any atom is -0.490 e. The smallest absolute Gasteiger partial charge is 0.251 e. The molecule has 5 rings (SSSR count). The van der Waals surface area contributed by atoms with Crippen molar-refractivity contribution in [3.8, 4) is 11.8 Å². The number of ether oxygens (including phenoxy) is 1. The average molecular weight is 522 g/mol. The topological polar surface area (TPSA) is 85.6 Å². The zero-order valence-corrected chi connectivity index (χ0v) is 22.1. The zero-order valence-electron chi connectivity index (χ0n) is 21.3. The second kappa shape index (κ2) is 11.3. The first-order chi connectivity index (χ1) is 17.9. The number of hydrogen-bond donors (Lipinski definition) is 2. The van der Waals surface area contributed by atoms with Gasteiger partial charge in [0.2, 0.25) is 0 Å². The summed E-state index contributed by atoms with van der Waals surface area (Å²) in [6.07, 6.45) is 10.0. The van der Waals surface area contributed by atoms with E-state index in [2.05, 4.69) is 28.4 Å². The summed E-state index contributed by atoms with van der Waals surface area (Å²) in [5.41, 5.74) is 2.75. The van der Waals surface area contributed by atoms with E-state index in [1.54, 1.807) is 18.2 Å². The fourth-order valence-electron chi connectivity index (χ4n) is 6.22. The molecule has 196 valence electrons. The van der Waals surface area contributed by atoms with Crippen LogP contribution in [0, 0.1) is 16.7 Å². The van der Waals surface area contributed by atoms with E-state index in [0.29, 0.717) is 27.3 Å². The molecular formula is C30H36ClN3O3. The molecule has 2 aromatic carbocycles. The summed E-state index contributed by atoms with van der Waals surface area (Å²) in [6.45, 7) is 2.09. The van der Waals surface area contributed by atoms with Crippen LogP contribution >= 0.6 is 11.6 Å². The number of piperidine rings is 1. The molecule has 6 nitrogen and oxygen atoms in total. The molecule has 2 aliphatic carbocycles. The monoisotopic (exact) mass is 521 g/mol. The Kier molecular flexibility index (Phi) is 7.92. The molecule has 37 heavy (non-hydrogen) atoms. The summed E-state index contributed by atoms with van der Waals surface area (Å²) in [5.74, 6) is 0.658. The van der Waals surface area contributed by atoms with E-state index in [-0.39, 0.29) is 24.2 Å². The van der Waals surface area contributed by atoms with Gasteiger partial charge in [-0.2, -0.15) is 5.26 Å². The molecule has 3 fully saturated rings. The molecule has 2 aromatic rings. The number of carbonyl (C=O) groups excluding carboxylic acids is 1. The van der Waals surface area contributed by atoms with Crippen LogP contribution in [0.1, 0.15) is 80.1 Å². The number of hydrogen-bond acceptors (Lipinski definition) is 5. The highest BCUT2D eigenvalue weighted by molar-refractivity contribution is 6.31. The Hall–Kier alpha value is -2.75. The molecule has 1 heterocycles. The molecule has 0 bridgehead atoms. The summed E-state index contributed by atoms with van der Waals surface area (Å²) in [7, 11) is 0. The molecule has 2 N–H and O–H groups in total. The zero-order chi connectivity index (χ0) is 25.8. The second-order valence-electron chi connectivity index (χ2n) is 11.1. The van der Waals surface area contributed by atoms with Crippen molar-refractivity contribution >= 4 is 23.2 Å². The van der Waals surface area contributed by atoms with Crippen molar-refractivity contribution in [2.24, 2.45) is 5.41 Å². The van der Waals surface area contributed by atoms with Gasteiger partial charge in [0.1, 0.15) is 11.8 Å². The summed E-state index contributed by atoms with van der Waals surface area (Å²) in [4.78, 5) is 15.3. The van der Waals surface area contributed by atoms with Crippen molar-refractivity contribution in [2.45, 2.75) is 82.5 Å². The molecule has 1 aliphatic heterocycles. The van der Waals surface area contributed by atoms with Gasteiger partial charge in [-0.1, -0.05) is 11.6 Å². The Morgan fingerprint density at radius 3 is 2.30 bits per heavy atom. The van der Waals surface area contributed by atoms with Gasteiger partial charge < -0.3 is 20.1 Å². The number of carbonyl (C=O) groups is 1. The van der Waals surface area contributed by atoms with Crippen LogP contribution in [0.4, 0.5) is 5.69 Å². The lowest BCUT2D eigenvalue weighted by Crippen LogP contribution is -2.42. The maximum absolute atomic E-state index is 12.9. The van der Waals surface area contributed by atoms with E-state index in [1.165, 1.54) is 18.5 Å². The Morgan fingerprint density at radius 2 is 1.68 bits per heavy atom. The molecule has 0 aromatic heterocycles. The Morgan fingerprint density at radius 1 is 1.00 bits per heavy atom. The normalized spacial score (nSPS) is 23.9. The number of amides is 1. The predicted octanol–water partition coefficient (Wildman–Crippen LogP) is 5.85. The van der Waals surface area contributed by atoms with E-state index in [0.717, 1.165) is 64.5 Å². The van der Waals surface area contributed by atoms with Crippen molar-refractivity contribution in [1.82, 2.24) is 5.32 Å². The van der Waals surface area contributed by atoms with Crippen LogP contribution in [-0.2, 0) is 0 Å². The number of nitriles is 1. The SMILES string of the molecule is N#Cc1ccc(OC2CCC(NC(=O)c3ccc(N4CCC5(CCC(O)CC5)CC4)cc3)CC2)cc1Cl. The molecule has 0 unspecified atom stereocenters. The molecule has 0 radical (unpaired) electrons. The van der Waals surface area contributed by atoms with E-state index in [4.69, 9.17) is 21.6 Å². The van der Waals surface area contributed by atoms with Gasteiger partial charge in [-0.15, -0.1) is 0 Å². The number of aliphatic hydroxyl groups excluding tert-OH is 1. The maximum Gasteiger partial charge on any atom is 0.251 e. The highest BCUT2D eigenvalue weighted by Gasteiger charge is 2.37. The third kappa shape index (κ3) is 6.22. The van der Waals surface area contributed by atoms with Gasteiger partial charge in [0.15, 0.2) is 0 Å². The number of nitrogens with one attached hydrogen (secondary N) is 1. The number of benzene rings is 2. The van der Waals surface area contributed by atoms with Gasteiger partial charge in [0.25, 0.3) is 5.91 Å². The van der Waals surface area contributed by atoms with Crippen LogP contribution in [0.15, 0.2) is 42.5 Å². The average Bonchev–Trinajstić information content (AvgIpc) is 2.92. The van der Waals surface area contributed by atoms with Crippen molar-refractivity contribution in [3.63, 3.8) is 0 Å². The highest BCUT2D eigenvalue weighted by Crippen LogP contribution is 2.45. The van der Waals surface area contributed by atoms with Crippen LogP contribution < -0.4 is 15.0 Å². The van der Waals surface area contributed by atoms with Gasteiger partial charge in [0, 0.05) is 36.4 Å². The predicted molar refractivity (Wildman–Crippen MR) is 145 cm³/mol. The lowest BCUT2D eigenvalue weighted by molar-refractivity contribution is 0.0478. The Bertz CT molecular complexity index is 1120. The summed E-state index contributed by atoms with van der Waals surface area (Å²) >= 11 is 6.11. The number of nitrogens with zero attached hydrogens (tertiary/aromatic N) is 2. The third-order valence-corrected chi connectivity index (χ3v) is 9.02. The standard InChI is InChI=1S/C30H36ClN3O3/c31-28-19-27(8-3-22(28)20-32)37-26-9-4-23(5-10-26)33-29(36)21-1-6-24(7-2-21)34-17-15-30(16-18-34)13-11-25(35)12-14-30/h1-3,6-8,19,23,25-26,35H,4-5,9-18H2,(H,33,36). The number of aliphatic hydroxyl groups is 1. The van der Waals surface area contributed by atoms with Crippen LogP contribution in [0.3, 0.4) is 0 Å². The van der Waals surface area contributed by atoms with Gasteiger partial charge in [-0.05, 0) is 106 Å². The number of rotatable bonds is 5. The van der Waals surface area contributed by atoms with Crippen molar-refractivity contribution in [3.05, 3.63) is 58.6 Å². The largest absolute Gasteiger partial charge is 0.490 e. The van der Waals surface area contributed by atoms with E-state index < -0.39 is 0 Å². The molecular weight excluding hydrogens is 486 g/mol. The minimum absolute atomic E-state index is 0.0202. The van der Waals surface area contributed by atoms with E-state index in [1.807, 2.05) is 12.1 Å². The maximum atomic E-state index is 12.9. The van der Waals surface area contributed by atoms with Crippen LogP contribution in [0.25, 0.3) is 0 Å². The van der Waals surface area contributed by atoms with Crippen molar-refractivity contribution in [2.75, 3.05) is 18.0 Å². The number of halogens is 1. The highest BCUT2D eigenvalue weighted by atomic mass is 35.5. The lowest BCUT2D eigenvalue weighted by atomic mass is 9.67. The Labute approximate surface area is 224 Å². The second-order valence-corrected chi connectivity index (χ2v) is 11.5. The molecule has 1 saturated heterocycles. The molecule has 0 atom stereocenters. The van der Waals surface area contributed by atoms with Crippen LogP contribution in [0.2, 0.25) is 5.02 Å². The lowest BCUT2D eigenvalue weighted by Gasteiger charge is -2.46. The van der Waals surface area contributed by atoms with Gasteiger partial charge >= 0.3 is 0 Å². The van der Waals surface area contributed by atoms with E-state index in [9.17, 15) is 9.90 Å². The summed E-state index contributed by atoms with van der Waals surface area (Å²) in [6, 6.07) is 15.4. The molecule has 2 saturated carbocycles. The molecule has 3 aliphatic rings. The molecule has 7 heteroatoms. The van der Waals surface area contributed by atoms with E-state index >= 15 is 0 Å². The fourth-order valence-corrected chi connectivity index (χ4v) is 6.44. The first-order valence-electron chi connectivity index (χ1n) is 13.6. The molecule has 1 amide bonds. The van der Waals surface area contributed by atoms with Gasteiger partial charge in [-0.3, -0.25) is 4.79 Å². The first-order valence-corrected chi connectivity index (χ1v) is 14.0. The van der Waals surface area contributed by atoms with Crippen LogP contribution in [-0.4, -0.2) is 42.4 Å².